The van der Waals surface area contributed by atoms with Crippen LogP contribution in [0.25, 0.3) is 10.9 Å². The summed E-state index contributed by atoms with van der Waals surface area (Å²) < 4.78 is 2.20. The molecular formula is C23H20N4O. The Morgan fingerprint density at radius 3 is 2.71 bits per heavy atom. The molecule has 28 heavy (non-hydrogen) atoms. The Morgan fingerprint density at radius 1 is 1.11 bits per heavy atom. The van der Waals surface area contributed by atoms with Crippen LogP contribution >= 0.6 is 0 Å². The van der Waals surface area contributed by atoms with Crippen LogP contribution in [0.2, 0.25) is 0 Å². The zero-order valence-corrected chi connectivity index (χ0v) is 15.5. The van der Waals surface area contributed by atoms with E-state index in [1.54, 1.807) is 24.5 Å². The second-order valence-electron chi connectivity index (χ2n) is 6.66. The lowest BCUT2D eigenvalue weighted by Gasteiger charge is -2.06. The van der Waals surface area contributed by atoms with Gasteiger partial charge in [0.05, 0.1) is 11.8 Å². The number of hydrogen-bond donors (Lipinski definition) is 1. The Labute approximate surface area is 163 Å². The summed E-state index contributed by atoms with van der Waals surface area (Å²) in [6.07, 6.45) is 6.88. The SMILES string of the molecule is Cc1ccc(Cn2cc(C=NNC(=O)c3cccnc3)c3ccccc32)cc1. The second-order valence-corrected chi connectivity index (χ2v) is 6.66. The van der Waals surface area contributed by atoms with Crippen molar-refractivity contribution in [1.29, 1.82) is 0 Å². The molecule has 4 rings (SSSR count). The van der Waals surface area contributed by atoms with Crippen molar-refractivity contribution in [3.05, 3.63) is 102 Å². The third-order valence-corrected chi connectivity index (χ3v) is 4.59. The third kappa shape index (κ3) is 3.83. The van der Waals surface area contributed by atoms with E-state index in [2.05, 4.69) is 69.6 Å². The lowest BCUT2D eigenvalue weighted by Crippen LogP contribution is -2.17. The molecule has 0 aliphatic carbocycles. The fourth-order valence-corrected chi connectivity index (χ4v) is 3.12. The van der Waals surface area contributed by atoms with Crippen LogP contribution in [0.15, 0.2) is 84.4 Å². The Kier molecular flexibility index (Phi) is 4.97. The Hall–Kier alpha value is -3.73. The lowest BCUT2D eigenvalue weighted by molar-refractivity contribution is 0.0955. The largest absolute Gasteiger partial charge is 0.342 e. The molecular weight excluding hydrogens is 348 g/mol. The van der Waals surface area contributed by atoms with Gasteiger partial charge in [0.2, 0.25) is 0 Å². The quantitative estimate of drug-likeness (QED) is 0.425. The topological polar surface area (TPSA) is 59.3 Å². The summed E-state index contributed by atoms with van der Waals surface area (Å²) in [6, 6.07) is 20.1. The van der Waals surface area contributed by atoms with E-state index in [9.17, 15) is 4.79 Å². The summed E-state index contributed by atoms with van der Waals surface area (Å²) in [7, 11) is 0. The maximum Gasteiger partial charge on any atom is 0.272 e. The number of rotatable bonds is 5. The highest BCUT2D eigenvalue weighted by Crippen LogP contribution is 2.21. The average Bonchev–Trinajstić information content (AvgIpc) is 3.08. The highest BCUT2D eigenvalue weighted by Gasteiger charge is 2.08. The van der Waals surface area contributed by atoms with Crippen molar-refractivity contribution < 1.29 is 4.79 Å². The van der Waals surface area contributed by atoms with Gasteiger partial charge in [0.15, 0.2) is 0 Å². The number of aromatic nitrogens is 2. The smallest absolute Gasteiger partial charge is 0.272 e. The zero-order chi connectivity index (χ0) is 19.3. The van der Waals surface area contributed by atoms with Crippen molar-refractivity contribution in [2.24, 2.45) is 5.10 Å². The molecule has 0 aliphatic heterocycles. The third-order valence-electron chi connectivity index (χ3n) is 4.59. The van der Waals surface area contributed by atoms with E-state index in [1.807, 2.05) is 12.1 Å². The maximum atomic E-state index is 12.1. The van der Waals surface area contributed by atoms with Gasteiger partial charge in [-0.2, -0.15) is 5.10 Å². The van der Waals surface area contributed by atoms with Gasteiger partial charge in [-0.15, -0.1) is 0 Å². The summed E-state index contributed by atoms with van der Waals surface area (Å²) in [4.78, 5) is 16.0. The molecule has 2 heterocycles. The molecule has 0 unspecified atom stereocenters. The van der Waals surface area contributed by atoms with Crippen LogP contribution in [-0.2, 0) is 6.54 Å². The molecule has 0 aliphatic rings. The van der Waals surface area contributed by atoms with Gasteiger partial charge in [0.1, 0.15) is 0 Å². The summed E-state index contributed by atoms with van der Waals surface area (Å²) in [5.41, 5.74) is 7.60. The number of fused-ring (bicyclic) bond motifs is 1. The fraction of sp³-hybridized carbons (Fsp3) is 0.0870. The Bertz CT molecular complexity index is 1130. The van der Waals surface area contributed by atoms with Gasteiger partial charge in [-0.3, -0.25) is 9.78 Å². The van der Waals surface area contributed by atoms with Gasteiger partial charge in [0.25, 0.3) is 5.91 Å². The summed E-state index contributed by atoms with van der Waals surface area (Å²) in [5.74, 6) is -0.284. The van der Waals surface area contributed by atoms with E-state index < -0.39 is 0 Å². The van der Waals surface area contributed by atoms with Crippen LogP contribution in [-0.4, -0.2) is 21.7 Å². The highest BCUT2D eigenvalue weighted by molar-refractivity contribution is 6.00. The number of nitrogens with zero attached hydrogens (tertiary/aromatic N) is 3. The van der Waals surface area contributed by atoms with Crippen molar-refractivity contribution in [3.8, 4) is 0 Å². The number of para-hydroxylation sites is 1. The van der Waals surface area contributed by atoms with Crippen LogP contribution in [0, 0.1) is 6.92 Å². The number of carbonyl (C=O) groups is 1. The van der Waals surface area contributed by atoms with Gasteiger partial charge < -0.3 is 4.57 Å². The molecule has 2 aromatic heterocycles. The minimum atomic E-state index is -0.284. The van der Waals surface area contributed by atoms with Crippen LogP contribution in [0.3, 0.4) is 0 Å². The second kappa shape index (κ2) is 7.88. The first-order valence-electron chi connectivity index (χ1n) is 9.07. The minimum absolute atomic E-state index is 0.284. The first-order chi connectivity index (χ1) is 13.7. The molecule has 0 spiro atoms. The number of pyridine rings is 1. The molecule has 1 N–H and O–H groups in total. The predicted octanol–water partition coefficient (Wildman–Crippen LogP) is 4.16. The number of hydrazone groups is 1. The minimum Gasteiger partial charge on any atom is -0.342 e. The predicted molar refractivity (Wildman–Crippen MR) is 112 cm³/mol. The molecule has 0 bridgehead atoms. The zero-order valence-electron chi connectivity index (χ0n) is 15.5. The Balaban J connectivity index is 1.57. The fourth-order valence-electron chi connectivity index (χ4n) is 3.12. The van der Waals surface area contributed by atoms with Crippen LogP contribution in [0.1, 0.15) is 27.0 Å². The molecule has 0 atom stereocenters. The van der Waals surface area contributed by atoms with Gasteiger partial charge >= 0.3 is 0 Å². The summed E-state index contributed by atoms with van der Waals surface area (Å²) in [5, 5.41) is 5.23. The van der Waals surface area contributed by atoms with Crippen molar-refractivity contribution in [2.45, 2.75) is 13.5 Å². The number of nitrogens with one attached hydrogen (secondary N) is 1. The van der Waals surface area contributed by atoms with E-state index >= 15 is 0 Å². The van der Waals surface area contributed by atoms with Crippen molar-refractivity contribution in [1.82, 2.24) is 15.0 Å². The number of carbonyl (C=O) groups excluding carboxylic acids is 1. The van der Waals surface area contributed by atoms with E-state index in [4.69, 9.17) is 0 Å². The van der Waals surface area contributed by atoms with Crippen LogP contribution < -0.4 is 5.43 Å². The van der Waals surface area contributed by atoms with Gasteiger partial charge in [0, 0.05) is 41.6 Å². The molecule has 0 fully saturated rings. The normalized spacial score (nSPS) is 11.2. The number of amides is 1. The molecule has 138 valence electrons. The van der Waals surface area contributed by atoms with Gasteiger partial charge in [-0.1, -0.05) is 48.0 Å². The van der Waals surface area contributed by atoms with Crippen LogP contribution in [0.5, 0.6) is 0 Å². The molecule has 0 saturated carbocycles. The first kappa shape index (κ1) is 17.7. The molecule has 4 aromatic rings. The molecule has 2 aromatic carbocycles. The van der Waals surface area contributed by atoms with E-state index in [0.29, 0.717) is 5.56 Å². The van der Waals surface area contributed by atoms with E-state index in [1.165, 1.54) is 17.3 Å². The van der Waals surface area contributed by atoms with E-state index in [0.717, 1.165) is 23.0 Å². The van der Waals surface area contributed by atoms with Crippen LogP contribution in [0.4, 0.5) is 0 Å². The standard InChI is InChI=1S/C23H20N4O/c1-17-8-10-18(11-9-17)15-27-16-20(21-6-2-3-7-22(21)27)14-25-26-23(28)19-5-4-12-24-13-19/h2-14,16H,15H2,1H3,(H,26,28). The molecule has 5 heteroatoms. The molecule has 1 amide bonds. The average molecular weight is 368 g/mol. The first-order valence-corrected chi connectivity index (χ1v) is 9.07. The lowest BCUT2D eigenvalue weighted by atomic mass is 10.1. The highest BCUT2D eigenvalue weighted by atomic mass is 16.2. The van der Waals surface area contributed by atoms with Crippen molar-refractivity contribution in [3.63, 3.8) is 0 Å². The van der Waals surface area contributed by atoms with Crippen molar-refractivity contribution in [2.75, 3.05) is 0 Å². The Morgan fingerprint density at radius 2 is 1.93 bits per heavy atom. The van der Waals surface area contributed by atoms with Gasteiger partial charge in [-0.25, -0.2) is 5.43 Å². The number of hydrogen-bond acceptors (Lipinski definition) is 3. The van der Waals surface area contributed by atoms with Gasteiger partial charge in [-0.05, 0) is 30.7 Å². The number of aryl methyl sites for hydroxylation is 1. The molecule has 5 nitrogen and oxygen atoms in total. The van der Waals surface area contributed by atoms with Crippen molar-refractivity contribution >= 4 is 23.0 Å². The summed E-state index contributed by atoms with van der Waals surface area (Å²) >= 11 is 0. The number of benzene rings is 2. The summed E-state index contributed by atoms with van der Waals surface area (Å²) in [6.45, 7) is 2.86. The monoisotopic (exact) mass is 368 g/mol. The molecule has 0 radical (unpaired) electrons. The maximum absolute atomic E-state index is 12.1. The molecule has 0 saturated heterocycles. The van der Waals surface area contributed by atoms with E-state index in [-0.39, 0.29) is 5.91 Å².